The molecule has 0 spiro atoms. The van der Waals surface area contributed by atoms with Crippen LogP contribution in [0.25, 0.3) is 0 Å². The Morgan fingerprint density at radius 3 is 2.19 bits per heavy atom. The molecule has 0 aliphatic heterocycles. The highest BCUT2D eigenvalue weighted by atomic mass is 16.5. The van der Waals surface area contributed by atoms with E-state index < -0.39 is 0 Å². The lowest BCUT2D eigenvalue weighted by Crippen LogP contribution is -2.33. The Morgan fingerprint density at radius 2 is 1.71 bits per heavy atom. The Bertz CT molecular complexity index is 447. The fourth-order valence-electron chi connectivity index (χ4n) is 2.37. The zero-order valence-corrected chi connectivity index (χ0v) is 15.2. The SMILES string of the molecule is Cc1nnn(C(C)(C)CCOC(C)(C)CCC(C)C)c1C. The van der Waals surface area contributed by atoms with E-state index in [9.17, 15) is 0 Å². The molecular weight excluding hydrogens is 262 g/mol. The fourth-order valence-corrected chi connectivity index (χ4v) is 2.37. The maximum absolute atomic E-state index is 6.12. The lowest BCUT2D eigenvalue weighted by Gasteiger charge is -2.30. The Balaban J connectivity index is 2.52. The van der Waals surface area contributed by atoms with Crippen molar-refractivity contribution in [2.75, 3.05) is 6.61 Å². The second-order valence-electron chi connectivity index (χ2n) is 7.78. The third-order valence-electron chi connectivity index (χ3n) is 4.23. The minimum absolute atomic E-state index is 0.0479. The predicted octanol–water partition coefficient (Wildman–Crippen LogP) is 4.25. The second-order valence-corrected chi connectivity index (χ2v) is 7.78. The summed E-state index contributed by atoms with van der Waals surface area (Å²) < 4.78 is 8.14. The van der Waals surface area contributed by atoms with Crippen molar-refractivity contribution in [3.63, 3.8) is 0 Å². The molecule has 0 unspecified atom stereocenters. The molecule has 0 radical (unpaired) electrons. The molecule has 1 aromatic rings. The predicted molar refractivity (Wildman–Crippen MR) is 87.5 cm³/mol. The minimum atomic E-state index is -0.0700. The second kappa shape index (κ2) is 6.91. The van der Waals surface area contributed by atoms with E-state index in [-0.39, 0.29) is 11.1 Å². The summed E-state index contributed by atoms with van der Waals surface area (Å²) in [6.45, 7) is 18.1. The molecule has 0 aliphatic rings. The summed E-state index contributed by atoms with van der Waals surface area (Å²) in [4.78, 5) is 0. The van der Waals surface area contributed by atoms with Crippen LogP contribution in [0.3, 0.4) is 0 Å². The van der Waals surface area contributed by atoms with Gasteiger partial charge in [-0.1, -0.05) is 19.1 Å². The first-order chi connectivity index (χ1) is 9.55. The van der Waals surface area contributed by atoms with E-state index in [1.165, 1.54) is 6.42 Å². The van der Waals surface area contributed by atoms with E-state index in [0.717, 1.165) is 36.8 Å². The monoisotopic (exact) mass is 295 g/mol. The van der Waals surface area contributed by atoms with Crippen LogP contribution < -0.4 is 0 Å². The van der Waals surface area contributed by atoms with Crippen LogP contribution in [0, 0.1) is 19.8 Å². The molecule has 4 heteroatoms. The van der Waals surface area contributed by atoms with Crippen molar-refractivity contribution in [2.24, 2.45) is 5.92 Å². The summed E-state index contributed by atoms with van der Waals surface area (Å²) >= 11 is 0. The van der Waals surface area contributed by atoms with Crippen molar-refractivity contribution in [2.45, 2.75) is 85.8 Å². The number of ether oxygens (including phenoxy) is 1. The molecule has 0 aliphatic carbocycles. The molecule has 0 amide bonds. The minimum Gasteiger partial charge on any atom is -0.375 e. The lowest BCUT2D eigenvalue weighted by molar-refractivity contribution is -0.0370. The normalized spacial score (nSPS) is 13.2. The van der Waals surface area contributed by atoms with Gasteiger partial charge in [0, 0.05) is 6.61 Å². The van der Waals surface area contributed by atoms with E-state index in [1.807, 2.05) is 11.6 Å². The average molecular weight is 295 g/mol. The van der Waals surface area contributed by atoms with Crippen molar-refractivity contribution >= 4 is 0 Å². The van der Waals surface area contributed by atoms with Crippen LogP contribution in [0.1, 0.15) is 72.2 Å². The highest BCUT2D eigenvalue weighted by Gasteiger charge is 2.26. The smallest absolute Gasteiger partial charge is 0.0825 e. The first-order valence-electron chi connectivity index (χ1n) is 8.08. The van der Waals surface area contributed by atoms with Gasteiger partial charge in [-0.05, 0) is 66.7 Å². The maximum Gasteiger partial charge on any atom is 0.0825 e. The highest BCUT2D eigenvalue weighted by Crippen LogP contribution is 2.25. The number of rotatable bonds is 8. The number of aromatic nitrogens is 3. The number of hydrogen-bond acceptors (Lipinski definition) is 3. The van der Waals surface area contributed by atoms with Gasteiger partial charge in [0.15, 0.2) is 0 Å². The standard InChI is InChI=1S/C17H33N3O/c1-13(2)9-10-17(7,8)21-12-11-16(5,6)20-15(4)14(3)18-19-20/h13H,9-12H2,1-8H3. The average Bonchev–Trinajstić information content (AvgIpc) is 2.68. The van der Waals surface area contributed by atoms with E-state index in [2.05, 4.69) is 58.8 Å². The molecule has 0 fully saturated rings. The molecule has 0 N–H and O–H groups in total. The quantitative estimate of drug-likeness (QED) is 0.719. The van der Waals surface area contributed by atoms with E-state index in [1.54, 1.807) is 0 Å². The molecule has 0 saturated carbocycles. The number of aryl methyl sites for hydroxylation is 1. The molecule has 0 atom stereocenters. The van der Waals surface area contributed by atoms with Crippen LogP contribution in [-0.2, 0) is 10.3 Å². The topological polar surface area (TPSA) is 39.9 Å². The maximum atomic E-state index is 6.12. The molecule has 1 aromatic heterocycles. The summed E-state index contributed by atoms with van der Waals surface area (Å²) in [5.41, 5.74) is 2.02. The van der Waals surface area contributed by atoms with Crippen LogP contribution in [0.15, 0.2) is 0 Å². The lowest BCUT2D eigenvalue weighted by atomic mass is 9.96. The van der Waals surface area contributed by atoms with Crippen LogP contribution >= 0.6 is 0 Å². The summed E-state index contributed by atoms with van der Waals surface area (Å²) in [5.74, 6) is 0.727. The van der Waals surface area contributed by atoms with Gasteiger partial charge in [0.1, 0.15) is 0 Å². The van der Waals surface area contributed by atoms with Gasteiger partial charge in [-0.3, -0.25) is 0 Å². The third kappa shape index (κ3) is 5.42. The summed E-state index contributed by atoms with van der Waals surface area (Å²) in [6.07, 6.45) is 3.24. The van der Waals surface area contributed by atoms with Gasteiger partial charge in [0.2, 0.25) is 0 Å². The van der Waals surface area contributed by atoms with Crippen molar-refractivity contribution in [3.05, 3.63) is 11.4 Å². The van der Waals surface area contributed by atoms with Gasteiger partial charge >= 0.3 is 0 Å². The van der Waals surface area contributed by atoms with Crippen molar-refractivity contribution in [3.8, 4) is 0 Å². The van der Waals surface area contributed by atoms with Gasteiger partial charge in [-0.2, -0.15) is 0 Å². The van der Waals surface area contributed by atoms with Crippen molar-refractivity contribution in [1.29, 1.82) is 0 Å². The molecule has 4 nitrogen and oxygen atoms in total. The number of nitrogens with zero attached hydrogens (tertiary/aromatic N) is 3. The van der Waals surface area contributed by atoms with E-state index in [4.69, 9.17) is 4.74 Å². The zero-order chi connectivity index (χ0) is 16.3. The van der Waals surface area contributed by atoms with Crippen LogP contribution in [0.5, 0.6) is 0 Å². The van der Waals surface area contributed by atoms with Crippen molar-refractivity contribution in [1.82, 2.24) is 15.0 Å². The molecule has 0 bridgehead atoms. The Labute approximate surface area is 130 Å². The van der Waals surface area contributed by atoms with Crippen LogP contribution in [0.2, 0.25) is 0 Å². The first kappa shape index (κ1) is 18.1. The molecular formula is C17H33N3O. The molecule has 122 valence electrons. The molecule has 0 aromatic carbocycles. The molecule has 21 heavy (non-hydrogen) atoms. The Morgan fingerprint density at radius 1 is 1.10 bits per heavy atom. The van der Waals surface area contributed by atoms with Crippen LogP contribution in [-0.4, -0.2) is 27.2 Å². The highest BCUT2D eigenvalue weighted by molar-refractivity contribution is 5.07. The fraction of sp³-hybridized carbons (Fsp3) is 0.882. The van der Waals surface area contributed by atoms with Gasteiger partial charge in [0.25, 0.3) is 0 Å². The van der Waals surface area contributed by atoms with Gasteiger partial charge < -0.3 is 4.74 Å². The molecule has 0 saturated heterocycles. The van der Waals surface area contributed by atoms with Crippen LogP contribution in [0.4, 0.5) is 0 Å². The van der Waals surface area contributed by atoms with Crippen molar-refractivity contribution < 1.29 is 4.74 Å². The summed E-state index contributed by atoms with van der Waals surface area (Å²) in [5, 5.41) is 8.43. The molecule has 1 heterocycles. The molecule has 1 rings (SSSR count). The first-order valence-corrected chi connectivity index (χ1v) is 8.08. The Kier molecular flexibility index (Phi) is 5.97. The van der Waals surface area contributed by atoms with Gasteiger partial charge in [-0.15, -0.1) is 5.10 Å². The number of hydrogen-bond donors (Lipinski definition) is 0. The van der Waals surface area contributed by atoms with Gasteiger partial charge in [0.05, 0.1) is 22.5 Å². The summed E-state index contributed by atoms with van der Waals surface area (Å²) in [6, 6.07) is 0. The third-order valence-corrected chi connectivity index (χ3v) is 4.23. The van der Waals surface area contributed by atoms with Gasteiger partial charge in [-0.25, -0.2) is 4.68 Å². The summed E-state index contributed by atoms with van der Waals surface area (Å²) in [7, 11) is 0. The van der Waals surface area contributed by atoms with E-state index in [0.29, 0.717) is 0 Å². The Hall–Kier alpha value is -0.900. The van der Waals surface area contributed by atoms with E-state index >= 15 is 0 Å². The largest absolute Gasteiger partial charge is 0.375 e. The zero-order valence-electron chi connectivity index (χ0n) is 15.2.